The van der Waals surface area contributed by atoms with E-state index in [0.717, 1.165) is 30.1 Å². The number of rotatable bonds is 8. The molecule has 0 aromatic heterocycles. The fraction of sp³-hybridized carbons (Fsp3) is 0.435. The molecular formula is C23H29NO2S. The van der Waals surface area contributed by atoms with E-state index in [4.69, 9.17) is 4.74 Å². The molecule has 144 valence electrons. The quantitative estimate of drug-likeness (QED) is 0.672. The van der Waals surface area contributed by atoms with E-state index >= 15 is 0 Å². The molecule has 0 spiro atoms. The maximum Gasteiger partial charge on any atom is 0.260 e. The summed E-state index contributed by atoms with van der Waals surface area (Å²) >= 11 is 1.83. The normalized spacial score (nSPS) is 14.3. The average Bonchev–Trinajstić information content (AvgIpc) is 2.67. The molecule has 3 nitrogen and oxygen atoms in total. The largest absolute Gasteiger partial charge is 0.481 e. The summed E-state index contributed by atoms with van der Waals surface area (Å²) in [4.78, 5) is 12.3. The molecule has 0 unspecified atom stereocenters. The van der Waals surface area contributed by atoms with Crippen LogP contribution < -0.4 is 10.1 Å². The molecular weight excluding hydrogens is 354 g/mol. The molecule has 0 saturated heterocycles. The van der Waals surface area contributed by atoms with Gasteiger partial charge in [-0.15, -0.1) is 0 Å². The third-order valence-corrected chi connectivity index (χ3v) is 5.93. The average molecular weight is 384 g/mol. The zero-order chi connectivity index (χ0) is 19.1. The van der Waals surface area contributed by atoms with E-state index in [1.165, 1.54) is 35.1 Å². The van der Waals surface area contributed by atoms with Gasteiger partial charge >= 0.3 is 0 Å². The number of carbonyl (C=O) groups excluding carboxylic acids is 1. The molecule has 0 aliphatic heterocycles. The number of carbonyl (C=O) groups is 1. The van der Waals surface area contributed by atoms with E-state index in [2.05, 4.69) is 48.6 Å². The van der Waals surface area contributed by atoms with Crippen LogP contribution in [0.4, 0.5) is 0 Å². The van der Waals surface area contributed by atoms with Crippen molar-refractivity contribution in [1.82, 2.24) is 5.32 Å². The van der Waals surface area contributed by atoms with Gasteiger partial charge in [-0.25, -0.2) is 0 Å². The number of thioether (sulfide) groups is 1. The summed E-state index contributed by atoms with van der Waals surface area (Å²) in [6.45, 7) is 4.58. The molecule has 4 heteroatoms. The van der Waals surface area contributed by atoms with Crippen molar-refractivity contribution >= 4 is 17.7 Å². The van der Waals surface area contributed by atoms with E-state index in [1.807, 2.05) is 24.8 Å². The molecule has 1 N–H and O–H groups in total. The molecule has 1 aliphatic carbocycles. The molecule has 0 heterocycles. The molecule has 0 bridgehead atoms. The van der Waals surface area contributed by atoms with Crippen LogP contribution in [0.15, 0.2) is 42.5 Å². The highest BCUT2D eigenvalue weighted by Crippen LogP contribution is 2.25. The molecule has 27 heavy (non-hydrogen) atoms. The van der Waals surface area contributed by atoms with Crippen LogP contribution in [0, 0.1) is 6.92 Å². The first-order valence-electron chi connectivity index (χ1n) is 9.81. The zero-order valence-corrected chi connectivity index (χ0v) is 17.1. The van der Waals surface area contributed by atoms with Gasteiger partial charge in [-0.1, -0.05) is 35.9 Å². The van der Waals surface area contributed by atoms with Crippen molar-refractivity contribution in [3.63, 3.8) is 0 Å². The number of nitrogens with one attached hydrogen (secondary N) is 1. The highest BCUT2D eigenvalue weighted by atomic mass is 32.2. The molecule has 1 atom stereocenters. The number of aryl methyl sites for hydroxylation is 3. The van der Waals surface area contributed by atoms with Crippen molar-refractivity contribution in [2.75, 3.05) is 12.3 Å². The van der Waals surface area contributed by atoms with Crippen molar-refractivity contribution in [2.24, 2.45) is 0 Å². The predicted octanol–water partition coefficient (Wildman–Crippen LogP) is 4.69. The van der Waals surface area contributed by atoms with Crippen LogP contribution in [0.2, 0.25) is 0 Å². The van der Waals surface area contributed by atoms with Crippen LogP contribution in [0.25, 0.3) is 0 Å². The highest BCUT2D eigenvalue weighted by Gasteiger charge is 2.16. The van der Waals surface area contributed by atoms with Crippen LogP contribution in [-0.2, 0) is 23.4 Å². The van der Waals surface area contributed by atoms with E-state index in [-0.39, 0.29) is 5.91 Å². The number of ether oxygens (including phenoxy) is 1. The minimum atomic E-state index is -0.478. The van der Waals surface area contributed by atoms with Gasteiger partial charge in [-0.3, -0.25) is 4.79 Å². The number of fused-ring (bicyclic) bond motifs is 1. The van der Waals surface area contributed by atoms with Crippen molar-refractivity contribution in [3.8, 4) is 5.75 Å². The van der Waals surface area contributed by atoms with Crippen LogP contribution in [-0.4, -0.2) is 24.3 Å². The van der Waals surface area contributed by atoms with E-state index in [0.29, 0.717) is 6.54 Å². The molecule has 1 amide bonds. The van der Waals surface area contributed by atoms with Crippen LogP contribution >= 0.6 is 11.8 Å². The van der Waals surface area contributed by atoms with Gasteiger partial charge in [0.15, 0.2) is 6.10 Å². The van der Waals surface area contributed by atoms with Gasteiger partial charge in [0.25, 0.3) is 5.91 Å². The summed E-state index contributed by atoms with van der Waals surface area (Å²) in [5.74, 6) is 2.61. The molecule has 2 aromatic rings. The molecule has 0 saturated carbocycles. The van der Waals surface area contributed by atoms with E-state index < -0.39 is 6.10 Å². The predicted molar refractivity (Wildman–Crippen MR) is 114 cm³/mol. The smallest absolute Gasteiger partial charge is 0.260 e. The van der Waals surface area contributed by atoms with Gasteiger partial charge in [-0.05, 0) is 68.4 Å². The van der Waals surface area contributed by atoms with Gasteiger partial charge < -0.3 is 10.1 Å². The number of hydrogen-bond acceptors (Lipinski definition) is 3. The molecule has 1 aliphatic rings. The maximum atomic E-state index is 12.3. The Balaban J connectivity index is 1.37. The summed E-state index contributed by atoms with van der Waals surface area (Å²) in [5.41, 5.74) is 5.42. The van der Waals surface area contributed by atoms with Gasteiger partial charge in [0.05, 0.1) is 0 Å². The summed E-state index contributed by atoms with van der Waals surface area (Å²) in [6, 6.07) is 14.8. The second-order valence-electron chi connectivity index (χ2n) is 7.23. The summed E-state index contributed by atoms with van der Waals surface area (Å²) in [5, 5.41) is 2.98. The Bertz CT molecular complexity index is 775. The Hall–Kier alpha value is -1.94. The standard InChI is InChI=1S/C23H29NO2S/c1-17-6-5-7-19(14-17)16-27-13-12-24-23(25)18(2)26-22-11-10-20-8-3-4-9-21(20)15-22/h5-7,10-11,14-15,18H,3-4,8-9,12-13,16H2,1-2H3,(H,24,25)/t18-/m0/s1. The first kappa shape index (κ1) is 19.8. The van der Waals surface area contributed by atoms with Crippen molar-refractivity contribution in [1.29, 1.82) is 0 Å². The van der Waals surface area contributed by atoms with Crippen LogP contribution in [0.3, 0.4) is 0 Å². The summed E-state index contributed by atoms with van der Waals surface area (Å²) < 4.78 is 5.86. The lowest BCUT2D eigenvalue weighted by Crippen LogP contribution is -2.37. The first-order chi connectivity index (χ1) is 13.1. The van der Waals surface area contributed by atoms with Crippen molar-refractivity contribution in [3.05, 3.63) is 64.7 Å². The first-order valence-corrected chi connectivity index (χ1v) is 11.0. The molecule has 2 aromatic carbocycles. The van der Waals surface area contributed by atoms with Crippen LogP contribution in [0.5, 0.6) is 5.75 Å². The van der Waals surface area contributed by atoms with Gasteiger partial charge in [0.2, 0.25) is 0 Å². The zero-order valence-electron chi connectivity index (χ0n) is 16.3. The van der Waals surface area contributed by atoms with Gasteiger partial charge in [0, 0.05) is 18.1 Å². The lowest BCUT2D eigenvalue weighted by molar-refractivity contribution is -0.127. The molecule has 0 radical (unpaired) electrons. The highest BCUT2D eigenvalue weighted by molar-refractivity contribution is 7.98. The maximum absolute atomic E-state index is 12.3. The lowest BCUT2D eigenvalue weighted by atomic mass is 9.92. The number of benzene rings is 2. The minimum absolute atomic E-state index is 0.0520. The van der Waals surface area contributed by atoms with E-state index in [1.54, 1.807) is 0 Å². The molecule has 0 fully saturated rings. The fourth-order valence-corrected chi connectivity index (χ4v) is 4.23. The fourth-order valence-electron chi connectivity index (χ4n) is 3.42. The Kier molecular flexibility index (Phi) is 7.22. The number of amides is 1. The summed E-state index contributed by atoms with van der Waals surface area (Å²) in [7, 11) is 0. The second-order valence-corrected chi connectivity index (χ2v) is 8.34. The monoisotopic (exact) mass is 383 g/mol. The summed E-state index contributed by atoms with van der Waals surface area (Å²) in [6.07, 6.45) is 4.31. The minimum Gasteiger partial charge on any atom is -0.481 e. The Labute approximate surface area is 166 Å². The topological polar surface area (TPSA) is 38.3 Å². The van der Waals surface area contributed by atoms with Gasteiger partial charge in [0.1, 0.15) is 5.75 Å². The Morgan fingerprint density at radius 1 is 1.15 bits per heavy atom. The third kappa shape index (κ3) is 6.03. The number of hydrogen-bond donors (Lipinski definition) is 1. The van der Waals surface area contributed by atoms with E-state index in [9.17, 15) is 4.79 Å². The van der Waals surface area contributed by atoms with Crippen molar-refractivity contribution < 1.29 is 9.53 Å². The lowest BCUT2D eigenvalue weighted by Gasteiger charge is -2.19. The third-order valence-electron chi connectivity index (χ3n) is 4.90. The van der Waals surface area contributed by atoms with Gasteiger partial charge in [-0.2, -0.15) is 11.8 Å². The second kappa shape index (κ2) is 9.84. The Morgan fingerprint density at radius 3 is 2.78 bits per heavy atom. The molecule has 3 rings (SSSR count). The SMILES string of the molecule is Cc1cccc(CSCCNC(=O)[C@H](C)Oc2ccc3c(c2)CCCC3)c1. The van der Waals surface area contributed by atoms with Crippen LogP contribution in [0.1, 0.15) is 42.0 Å². The van der Waals surface area contributed by atoms with Crippen molar-refractivity contribution in [2.45, 2.75) is 51.4 Å². The Morgan fingerprint density at radius 2 is 1.96 bits per heavy atom.